The molecule has 0 saturated heterocycles. The summed E-state index contributed by atoms with van der Waals surface area (Å²) in [5.74, 6) is 0. The summed E-state index contributed by atoms with van der Waals surface area (Å²) in [6.45, 7) is 0. The van der Waals surface area contributed by atoms with E-state index in [1.54, 1.807) is 11.3 Å². The molecule has 1 nitrogen and oxygen atoms in total. The minimum absolute atomic E-state index is 0.230. The molecule has 1 aromatic rings. The van der Waals surface area contributed by atoms with Crippen molar-refractivity contribution in [1.29, 1.82) is 0 Å². The van der Waals surface area contributed by atoms with Gasteiger partial charge < -0.3 is 0 Å². The Labute approximate surface area is 82.3 Å². The summed E-state index contributed by atoms with van der Waals surface area (Å²) in [4.78, 5) is 5.18. The molecule has 0 atom stereocenters. The molecule has 0 bridgehead atoms. The van der Waals surface area contributed by atoms with Gasteiger partial charge in [-0.05, 0) is 15.9 Å². The summed E-state index contributed by atoms with van der Waals surface area (Å²) < 4.78 is 1.15. The van der Waals surface area contributed by atoms with E-state index in [2.05, 4.69) is 52.8 Å². The van der Waals surface area contributed by atoms with Crippen molar-refractivity contribution in [2.75, 3.05) is 0 Å². The molecule has 0 spiro atoms. The van der Waals surface area contributed by atoms with Gasteiger partial charge in [0.05, 0.1) is 0 Å². The Bertz CT molecular complexity index is 197. The first kappa shape index (κ1) is 8.17. The summed E-state index contributed by atoms with van der Waals surface area (Å²) in [6, 6.07) is 0. The van der Waals surface area contributed by atoms with Crippen molar-refractivity contribution >= 4 is 59.1 Å². The van der Waals surface area contributed by atoms with Crippen molar-refractivity contribution in [3.63, 3.8) is 0 Å². The molecular formula is C4H2Br3NS. The van der Waals surface area contributed by atoms with E-state index in [1.165, 1.54) is 4.88 Å². The first-order chi connectivity index (χ1) is 4.20. The number of hydrogen-bond acceptors (Lipinski definition) is 2. The largest absolute Gasteiger partial charge is 0.237 e. The van der Waals surface area contributed by atoms with Gasteiger partial charge in [-0.2, -0.15) is 0 Å². The van der Waals surface area contributed by atoms with Gasteiger partial charge in [0.2, 0.25) is 0 Å². The Morgan fingerprint density at radius 1 is 1.56 bits per heavy atom. The standard InChI is InChI=1S/C4H2Br3NS/c5-3(6)2-1-8-4(7)9-2/h1,3H. The van der Waals surface area contributed by atoms with Gasteiger partial charge in [0, 0.05) is 11.1 Å². The maximum Gasteiger partial charge on any atom is 0.159 e. The number of aromatic nitrogens is 1. The summed E-state index contributed by atoms with van der Waals surface area (Å²) in [7, 11) is 0. The van der Waals surface area contributed by atoms with E-state index in [0.29, 0.717) is 0 Å². The molecule has 0 N–H and O–H groups in total. The zero-order chi connectivity index (χ0) is 6.85. The molecule has 1 aromatic heterocycles. The van der Waals surface area contributed by atoms with Crippen LogP contribution in [0.3, 0.4) is 0 Å². The van der Waals surface area contributed by atoms with Gasteiger partial charge in [-0.25, -0.2) is 4.98 Å². The van der Waals surface area contributed by atoms with Gasteiger partial charge in [0.1, 0.15) is 3.74 Å². The molecule has 0 aromatic carbocycles. The fourth-order valence-corrected chi connectivity index (χ4v) is 2.32. The first-order valence-electron chi connectivity index (χ1n) is 2.09. The number of thiazole rings is 1. The van der Waals surface area contributed by atoms with Crippen LogP contribution in [0, 0.1) is 0 Å². The van der Waals surface area contributed by atoms with E-state index in [1.807, 2.05) is 6.20 Å². The fourth-order valence-electron chi connectivity index (χ4n) is 0.365. The Kier molecular flexibility index (Phi) is 3.14. The number of rotatable bonds is 1. The highest BCUT2D eigenvalue weighted by molar-refractivity contribution is 9.24. The lowest BCUT2D eigenvalue weighted by atomic mass is 10.6. The zero-order valence-electron chi connectivity index (χ0n) is 4.14. The number of halogens is 3. The van der Waals surface area contributed by atoms with E-state index < -0.39 is 0 Å². The van der Waals surface area contributed by atoms with E-state index in [9.17, 15) is 0 Å². The Morgan fingerprint density at radius 2 is 2.22 bits per heavy atom. The smallest absolute Gasteiger partial charge is 0.159 e. The van der Waals surface area contributed by atoms with Gasteiger partial charge in [0.15, 0.2) is 3.92 Å². The molecule has 1 heterocycles. The van der Waals surface area contributed by atoms with E-state index in [4.69, 9.17) is 0 Å². The van der Waals surface area contributed by atoms with Crippen LogP contribution in [0.5, 0.6) is 0 Å². The second-order valence-corrected chi connectivity index (χ2v) is 6.71. The second kappa shape index (κ2) is 3.46. The molecule has 1 rings (SSSR count). The second-order valence-electron chi connectivity index (χ2n) is 1.32. The van der Waals surface area contributed by atoms with Crippen molar-refractivity contribution in [2.24, 2.45) is 0 Å². The summed E-state index contributed by atoms with van der Waals surface area (Å²) in [5.41, 5.74) is 0. The Balaban J connectivity index is 2.85. The molecular weight excluding hydrogens is 334 g/mol. The van der Waals surface area contributed by atoms with E-state index in [-0.39, 0.29) is 3.74 Å². The maximum absolute atomic E-state index is 4.01. The molecule has 5 heteroatoms. The number of alkyl halides is 2. The van der Waals surface area contributed by atoms with Crippen LogP contribution in [-0.4, -0.2) is 4.98 Å². The molecule has 0 amide bonds. The quantitative estimate of drug-likeness (QED) is 0.713. The van der Waals surface area contributed by atoms with Crippen molar-refractivity contribution in [1.82, 2.24) is 4.98 Å². The Morgan fingerprint density at radius 3 is 2.44 bits per heavy atom. The van der Waals surface area contributed by atoms with Gasteiger partial charge in [-0.1, -0.05) is 31.9 Å². The third kappa shape index (κ3) is 2.29. The van der Waals surface area contributed by atoms with Crippen molar-refractivity contribution in [3.8, 4) is 0 Å². The molecule has 50 valence electrons. The van der Waals surface area contributed by atoms with Crippen LogP contribution in [0.1, 0.15) is 8.61 Å². The predicted octanol–water partition coefficient (Wildman–Crippen LogP) is 3.69. The normalized spacial score (nSPS) is 10.7. The average molecular weight is 336 g/mol. The number of nitrogens with zero attached hydrogens (tertiary/aromatic N) is 1. The van der Waals surface area contributed by atoms with Gasteiger partial charge in [-0.15, -0.1) is 11.3 Å². The molecule has 0 saturated carbocycles. The topological polar surface area (TPSA) is 12.9 Å². The summed E-state index contributed by atoms with van der Waals surface area (Å²) >= 11 is 11.6. The van der Waals surface area contributed by atoms with E-state index in [0.717, 1.165) is 3.92 Å². The summed E-state index contributed by atoms with van der Waals surface area (Å²) in [5, 5.41) is 0. The molecule has 0 radical (unpaired) electrons. The Hall–Kier alpha value is 1.07. The van der Waals surface area contributed by atoms with Crippen LogP contribution in [0.15, 0.2) is 10.1 Å². The van der Waals surface area contributed by atoms with Crippen molar-refractivity contribution < 1.29 is 0 Å². The van der Waals surface area contributed by atoms with Crippen LogP contribution in [0.25, 0.3) is 0 Å². The summed E-state index contributed by atoms with van der Waals surface area (Å²) in [6.07, 6.45) is 1.82. The van der Waals surface area contributed by atoms with Crippen molar-refractivity contribution in [3.05, 3.63) is 15.0 Å². The lowest BCUT2D eigenvalue weighted by molar-refractivity contribution is 1.34. The van der Waals surface area contributed by atoms with Crippen LogP contribution in [-0.2, 0) is 0 Å². The lowest BCUT2D eigenvalue weighted by Gasteiger charge is -1.90. The molecule has 0 aliphatic heterocycles. The van der Waals surface area contributed by atoms with Crippen LogP contribution in [0.4, 0.5) is 0 Å². The maximum atomic E-state index is 4.01. The lowest BCUT2D eigenvalue weighted by Crippen LogP contribution is -1.67. The predicted molar refractivity (Wildman–Crippen MR) is 50.4 cm³/mol. The fraction of sp³-hybridized carbons (Fsp3) is 0.250. The molecule has 0 fully saturated rings. The minimum Gasteiger partial charge on any atom is -0.237 e. The van der Waals surface area contributed by atoms with Gasteiger partial charge in [-0.3, -0.25) is 0 Å². The highest BCUT2D eigenvalue weighted by atomic mass is 79.9. The van der Waals surface area contributed by atoms with Crippen LogP contribution in [0.2, 0.25) is 0 Å². The van der Waals surface area contributed by atoms with Crippen LogP contribution < -0.4 is 0 Å². The van der Waals surface area contributed by atoms with Gasteiger partial charge >= 0.3 is 0 Å². The van der Waals surface area contributed by atoms with E-state index >= 15 is 0 Å². The highest BCUT2D eigenvalue weighted by Gasteiger charge is 2.04. The third-order valence-electron chi connectivity index (χ3n) is 0.710. The number of hydrogen-bond donors (Lipinski definition) is 0. The monoisotopic (exact) mass is 333 g/mol. The molecule has 9 heavy (non-hydrogen) atoms. The first-order valence-corrected chi connectivity index (χ1v) is 5.53. The molecule has 0 unspecified atom stereocenters. The van der Waals surface area contributed by atoms with Gasteiger partial charge in [0.25, 0.3) is 0 Å². The van der Waals surface area contributed by atoms with Crippen molar-refractivity contribution in [2.45, 2.75) is 3.74 Å². The molecule has 0 aliphatic carbocycles. The highest BCUT2D eigenvalue weighted by Crippen LogP contribution is 2.34. The molecule has 0 aliphatic rings. The zero-order valence-corrected chi connectivity index (χ0v) is 9.72. The van der Waals surface area contributed by atoms with Crippen LogP contribution >= 0.6 is 59.1 Å². The average Bonchev–Trinajstić information content (AvgIpc) is 2.14. The minimum atomic E-state index is 0.230. The third-order valence-corrected chi connectivity index (χ3v) is 3.84. The SMILES string of the molecule is Brc1ncc(C(Br)Br)s1.